The molecule has 0 spiro atoms. The summed E-state index contributed by atoms with van der Waals surface area (Å²) in [5.74, 6) is 0.721. The predicted octanol–water partition coefficient (Wildman–Crippen LogP) is 2.60. The van der Waals surface area contributed by atoms with Crippen molar-refractivity contribution < 1.29 is 4.74 Å². The molecule has 3 nitrogen and oxygen atoms in total. The minimum absolute atomic E-state index is 0.433. The molecule has 2 rings (SSSR count). The van der Waals surface area contributed by atoms with Gasteiger partial charge >= 0.3 is 0 Å². The molecule has 0 atom stereocenters. The zero-order valence-corrected chi connectivity index (χ0v) is 8.67. The van der Waals surface area contributed by atoms with Gasteiger partial charge in [0.05, 0.1) is 13.3 Å². The Labute approximate surface area is 86.7 Å². The van der Waals surface area contributed by atoms with E-state index in [1.54, 1.807) is 13.3 Å². The monoisotopic (exact) mass is 208 g/mol. The molecule has 72 valence electrons. The Bertz CT molecular complexity index is 485. The van der Waals surface area contributed by atoms with E-state index in [-0.39, 0.29) is 0 Å². The normalized spacial score (nSPS) is 10.5. The third-order valence-corrected chi connectivity index (χ3v) is 2.23. The Morgan fingerprint density at radius 2 is 2.14 bits per heavy atom. The van der Waals surface area contributed by atoms with Crippen LogP contribution >= 0.6 is 11.6 Å². The number of aromatic nitrogens is 2. The third-order valence-electron chi connectivity index (χ3n) is 1.96. The van der Waals surface area contributed by atoms with Crippen molar-refractivity contribution in [3.63, 3.8) is 0 Å². The first kappa shape index (κ1) is 9.21. The molecule has 0 saturated heterocycles. The standard InChI is InChI=1S/C10H9ClN2O/c1-6-3-7-4-8(14-2)5-12-9(7)10(11)13-6/h3-5H,1-2H3. The van der Waals surface area contributed by atoms with Crippen molar-refractivity contribution >= 4 is 22.5 Å². The summed E-state index contributed by atoms with van der Waals surface area (Å²) in [7, 11) is 1.61. The van der Waals surface area contributed by atoms with E-state index in [0.29, 0.717) is 10.7 Å². The zero-order valence-electron chi connectivity index (χ0n) is 7.91. The molecule has 0 aromatic carbocycles. The van der Waals surface area contributed by atoms with Gasteiger partial charge < -0.3 is 4.74 Å². The Kier molecular flexibility index (Phi) is 2.25. The molecule has 0 saturated carbocycles. The summed E-state index contributed by atoms with van der Waals surface area (Å²) >= 11 is 5.94. The highest BCUT2D eigenvalue weighted by molar-refractivity contribution is 6.33. The van der Waals surface area contributed by atoms with Crippen molar-refractivity contribution in [3.8, 4) is 5.75 Å². The number of aryl methyl sites for hydroxylation is 1. The largest absolute Gasteiger partial charge is 0.495 e. The van der Waals surface area contributed by atoms with Crippen LogP contribution in [0.2, 0.25) is 5.15 Å². The van der Waals surface area contributed by atoms with E-state index in [0.717, 1.165) is 16.8 Å². The molecule has 0 fully saturated rings. The van der Waals surface area contributed by atoms with E-state index < -0.39 is 0 Å². The first-order valence-corrected chi connectivity index (χ1v) is 4.55. The highest BCUT2D eigenvalue weighted by Gasteiger charge is 2.04. The van der Waals surface area contributed by atoms with E-state index in [9.17, 15) is 0 Å². The van der Waals surface area contributed by atoms with Crippen molar-refractivity contribution in [1.82, 2.24) is 9.97 Å². The van der Waals surface area contributed by atoms with E-state index in [4.69, 9.17) is 16.3 Å². The van der Waals surface area contributed by atoms with Gasteiger partial charge in [0.15, 0.2) is 5.15 Å². The van der Waals surface area contributed by atoms with E-state index in [2.05, 4.69) is 9.97 Å². The van der Waals surface area contributed by atoms with Crippen LogP contribution in [0.5, 0.6) is 5.75 Å². The van der Waals surface area contributed by atoms with Crippen LogP contribution in [0.1, 0.15) is 5.69 Å². The average Bonchev–Trinajstić information content (AvgIpc) is 2.16. The van der Waals surface area contributed by atoms with Crippen molar-refractivity contribution in [1.29, 1.82) is 0 Å². The van der Waals surface area contributed by atoms with Gasteiger partial charge in [-0.25, -0.2) is 9.97 Å². The molecule has 0 aliphatic heterocycles. The number of ether oxygens (including phenoxy) is 1. The average molecular weight is 209 g/mol. The lowest BCUT2D eigenvalue weighted by atomic mass is 10.2. The number of halogens is 1. The van der Waals surface area contributed by atoms with Crippen LogP contribution < -0.4 is 4.74 Å². The van der Waals surface area contributed by atoms with Crippen LogP contribution in [0.4, 0.5) is 0 Å². The first-order chi connectivity index (χ1) is 6.70. The van der Waals surface area contributed by atoms with Crippen LogP contribution in [-0.2, 0) is 0 Å². The smallest absolute Gasteiger partial charge is 0.155 e. The van der Waals surface area contributed by atoms with Gasteiger partial charge in [-0.15, -0.1) is 0 Å². The Hall–Kier alpha value is -1.35. The second kappa shape index (κ2) is 3.42. The molecular formula is C10H9ClN2O. The molecule has 0 N–H and O–H groups in total. The molecule has 0 unspecified atom stereocenters. The Morgan fingerprint density at radius 1 is 1.36 bits per heavy atom. The fourth-order valence-corrected chi connectivity index (χ4v) is 1.61. The van der Waals surface area contributed by atoms with Crippen molar-refractivity contribution in [2.75, 3.05) is 7.11 Å². The minimum atomic E-state index is 0.433. The van der Waals surface area contributed by atoms with Crippen LogP contribution in [-0.4, -0.2) is 17.1 Å². The molecule has 0 aliphatic rings. The lowest BCUT2D eigenvalue weighted by Gasteiger charge is -2.03. The Morgan fingerprint density at radius 3 is 2.86 bits per heavy atom. The molecule has 2 heterocycles. The fraction of sp³-hybridized carbons (Fsp3) is 0.200. The molecular weight excluding hydrogens is 200 g/mol. The number of hydrogen-bond donors (Lipinski definition) is 0. The number of rotatable bonds is 1. The maximum absolute atomic E-state index is 5.94. The zero-order chi connectivity index (χ0) is 10.1. The van der Waals surface area contributed by atoms with E-state index >= 15 is 0 Å². The number of methoxy groups -OCH3 is 1. The molecule has 2 aromatic rings. The third kappa shape index (κ3) is 1.51. The molecule has 14 heavy (non-hydrogen) atoms. The van der Waals surface area contributed by atoms with Crippen molar-refractivity contribution in [2.45, 2.75) is 6.92 Å². The van der Waals surface area contributed by atoms with E-state index in [1.165, 1.54) is 0 Å². The van der Waals surface area contributed by atoms with Gasteiger partial charge in [0, 0.05) is 11.1 Å². The second-order valence-corrected chi connectivity index (χ2v) is 3.36. The summed E-state index contributed by atoms with van der Waals surface area (Å²) in [5.41, 5.74) is 1.58. The van der Waals surface area contributed by atoms with Gasteiger partial charge in [0.25, 0.3) is 0 Å². The van der Waals surface area contributed by atoms with Crippen LogP contribution in [0.25, 0.3) is 10.9 Å². The summed E-state index contributed by atoms with van der Waals surface area (Å²) in [6.45, 7) is 1.89. The molecule has 0 radical (unpaired) electrons. The maximum Gasteiger partial charge on any atom is 0.155 e. The van der Waals surface area contributed by atoms with Gasteiger partial charge in [-0.1, -0.05) is 11.6 Å². The SMILES string of the molecule is COc1cnc2c(Cl)nc(C)cc2c1. The van der Waals surface area contributed by atoms with Gasteiger partial charge in [0.2, 0.25) is 0 Å². The van der Waals surface area contributed by atoms with Gasteiger partial charge in [-0.3, -0.25) is 0 Å². The molecule has 4 heteroatoms. The number of pyridine rings is 2. The maximum atomic E-state index is 5.94. The van der Waals surface area contributed by atoms with Crippen molar-refractivity contribution in [2.24, 2.45) is 0 Å². The summed E-state index contributed by atoms with van der Waals surface area (Å²) < 4.78 is 5.08. The molecule has 2 aromatic heterocycles. The highest BCUT2D eigenvalue weighted by atomic mass is 35.5. The van der Waals surface area contributed by atoms with Crippen LogP contribution in [0, 0.1) is 6.92 Å². The minimum Gasteiger partial charge on any atom is -0.495 e. The van der Waals surface area contributed by atoms with Gasteiger partial charge in [-0.2, -0.15) is 0 Å². The summed E-state index contributed by atoms with van der Waals surface area (Å²) in [5, 5.41) is 1.38. The molecule has 0 bridgehead atoms. The Balaban J connectivity index is 2.75. The van der Waals surface area contributed by atoms with E-state index in [1.807, 2.05) is 19.1 Å². The molecule has 0 aliphatic carbocycles. The summed E-state index contributed by atoms with van der Waals surface area (Å²) in [4.78, 5) is 8.29. The number of hydrogen-bond acceptors (Lipinski definition) is 3. The number of nitrogens with zero attached hydrogens (tertiary/aromatic N) is 2. The quantitative estimate of drug-likeness (QED) is 0.676. The fourth-order valence-electron chi connectivity index (χ4n) is 1.32. The lowest BCUT2D eigenvalue weighted by Crippen LogP contribution is -1.89. The summed E-state index contributed by atoms with van der Waals surface area (Å²) in [6, 6.07) is 3.82. The first-order valence-electron chi connectivity index (χ1n) is 4.17. The topological polar surface area (TPSA) is 35.0 Å². The van der Waals surface area contributed by atoms with Crippen LogP contribution in [0.15, 0.2) is 18.3 Å². The number of fused-ring (bicyclic) bond motifs is 1. The van der Waals surface area contributed by atoms with Crippen LogP contribution in [0.3, 0.4) is 0 Å². The van der Waals surface area contributed by atoms with Gasteiger partial charge in [0.1, 0.15) is 11.3 Å². The second-order valence-electron chi connectivity index (χ2n) is 3.00. The van der Waals surface area contributed by atoms with Crippen molar-refractivity contribution in [3.05, 3.63) is 29.2 Å². The summed E-state index contributed by atoms with van der Waals surface area (Å²) in [6.07, 6.45) is 1.63. The highest BCUT2D eigenvalue weighted by Crippen LogP contribution is 2.23. The lowest BCUT2D eigenvalue weighted by molar-refractivity contribution is 0.414. The predicted molar refractivity (Wildman–Crippen MR) is 55.8 cm³/mol. The molecule has 0 amide bonds. The van der Waals surface area contributed by atoms with Gasteiger partial charge in [-0.05, 0) is 19.1 Å².